The molecule has 1 aliphatic heterocycles. The molecule has 1 aliphatic rings. The molecule has 5 nitrogen and oxygen atoms in total. The van der Waals surface area contributed by atoms with Gasteiger partial charge >= 0.3 is 0 Å². The van der Waals surface area contributed by atoms with Crippen molar-refractivity contribution in [1.29, 1.82) is 0 Å². The predicted octanol–water partition coefficient (Wildman–Crippen LogP) is 2.74. The molecule has 2 aromatic heterocycles. The smallest absolute Gasteiger partial charge is 0.123 e. The molecule has 3 heterocycles. The van der Waals surface area contributed by atoms with Crippen molar-refractivity contribution in [1.82, 2.24) is 24.4 Å². The van der Waals surface area contributed by atoms with Crippen molar-refractivity contribution in [2.45, 2.75) is 25.3 Å². The third kappa shape index (κ3) is 2.84. The van der Waals surface area contributed by atoms with Crippen LogP contribution in [0.1, 0.15) is 30.3 Å². The van der Waals surface area contributed by atoms with E-state index in [9.17, 15) is 0 Å². The maximum atomic E-state index is 4.80. The fraction of sp³-hybridized carbons (Fsp3) is 0.389. The first kappa shape index (κ1) is 14.3. The highest BCUT2D eigenvalue weighted by Crippen LogP contribution is 2.26. The zero-order valence-electron chi connectivity index (χ0n) is 13.4. The second kappa shape index (κ2) is 6.08. The number of rotatable bonds is 3. The van der Waals surface area contributed by atoms with Crippen LogP contribution >= 0.6 is 0 Å². The number of hydrogen-bond acceptors (Lipinski definition) is 4. The van der Waals surface area contributed by atoms with E-state index in [1.807, 2.05) is 18.3 Å². The van der Waals surface area contributed by atoms with Crippen LogP contribution < -0.4 is 0 Å². The molecule has 5 heteroatoms. The summed E-state index contributed by atoms with van der Waals surface area (Å²) in [6.07, 6.45) is 5.90. The first-order valence-electron chi connectivity index (χ1n) is 8.20. The average molecular weight is 307 g/mol. The minimum Gasteiger partial charge on any atom is -0.330 e. The highest BCUT2D eigenvalue weighted by atomic mass is 15.2. The molecule has 118 valence electrons. The molecule has 0 bridgehead atoms. The molecule has 1 atom stereocenters. The van der Waals surface area contributed by atoms with Crippen molar-refractivity contribution in [3.8, 4) is 0 Å². The number of aryl methyl sites for hydroxylation is 1. The van der Waals surface area contributed by atoms with Crippen LogP contribution in [0.5, 0.6) is 0 Å². The first-order valence-corrected chi connectivity index (χ1v) is 8.20. The van der Waals surface area contributed by atoms with Gasteiger partial charge in [-0.2, -0.15) is 0 Å². The number of imidazole rings is 1. The monoisotopic (exact) mass is 307 g/mol. The lowest BCUT2D eigenvalue weighted by Gasteiger charge is -2.32. The van der Waals surface area contributed by atoms with Gasteiger partial charge in [0.15, 0.2) is 0 Å². The fourth-order valence-electron chi connectivity index (χ4n) is 3.52. The lowest BCUT2D eigenvalue weighted by atomic mass is 9.94. The van der Waals surface area contributed by atoms with E-state index in [2.05, 4.69) is 44.7 Å². The van der Waals surface area contributed by atoms with E-state index >= 15 is 0 Å². The second-order valence-electron chi connectivity index (χ2n) is 6.28. The second-order valence-corrected chi connectivity index (χ2v) is 6.28. The number of fused-ring (bicyclic) bond motifs is 1. The van der Waals surface area contributed by atoms with Gasteiger partial charge in [-0.1, -0.05) is 12.1 Å². The zero-order valence-corrected chi connectivity index (χ0v) is 13.4. The Morgan fingerprint density at radius 2 is 2.13 bits per heavy atom. The summed E-state index contributed by atoms with van der Waals surface area (Å²) in [5, 5.41) is 0. The molecule has 0 spiro atoms. The highest BCUT2D eigenvalue weighted by Gasteiger charge is 2.23. The van der Waals surface area contributed by atoms with Crippen LogP contribution in [0.3, 0.4) is 0 Å². The van der Waals surface area contributed by atoms with Crippen LogP contribution in [0.2, 0.25) is 0 Å². The van der Waals surface area contributed by atoms with Gasteiger partial charge < -0.3 is 4.57 Å². The van der Waals surface area contributed by atoms with Crippen molar-refractivity contribution in [2.75, 3.05) is 13.1 Å². The van der Waals surface area contributed by atoms with E-state index in [4.69, 9.17) is 4.98 Å². The van der Waals surface area contributed by atoms with Gasteiger partial charge in [0, 0.05) is 31.4 Å². The van der Waals surface area contributed by atoms with Gasteiger partial charge in [0.05, 0.1) is 17.6 Å². The minimum absolute atomic E-state index is 0.501. The predicted molar refractivity (Wildman–Crippen MR) is 90.0 cm³/mol. The SMILES string of the molecule is Cn1c(CN2CCC[C@H](c3ccncn3)C2)nc2ccccc21. The van der Waals surface area contributed by atoms with E-state index in [-0.39, 0.29) is 0 Å². The lowest BCUT2D eigenvalue weighted by Crippen LogP contribution is -2.34. The van der Waals surface area contributed by atoms with Crippen LogP contribution in [-0.2, 0) is 13.6 Å². The molecule has 0 radical (unpaired) electrons. The van der Waals surface area contributed by atoms with Crippen LogP contribution in [0.4, 0.5) is 0 Å². The van der Waals surface area contributed by atoms with Gasteiger partial charge in [-0.05, 0) is 37.6 Å². The topological polar surface area (TPSA) is 46.8 Å². The van der Waals surface area contributed by atoms with Crippen molar-refractivity contribution in [3.63, 3.8) is 0 Å². The van der Waals surface area contributed by atoms with E-state index in [0.717, 1.165) is 36.7 Å². The standard InChI is InChI=1S/C18H21N5/c1-22-17-7-3-2-6-16(17)21-18(22)12-23-10-4-5-14(11-23)15-8-9-19-13-20-15/h2-3,6-9,13-14H,4-5,10-12H2,1H3/t14-/m0/s1. The molecular formula is C18H21N5. The normalized spacial score (nSPS) is 19.3. The molecule has 4 rings (SSSR count). The first-order chi connectivity index (χ1) is 11.3. The van der Waals surface area contributed by atoms with Crippen LogP contribution in [0.15, 0.2) is 42.9 Å². The van der Waals surface area contributed by atoms with Gasteiger partial charge in [-0.25, -0.2) is 15.0 Å². The van der Waals surface area contributed by atoms with Gasteiger partial charge in [0.1, 0.15) is 12.2 Å². The number of piperidine rings is 1. The molecule has 1 aromatic carbocycles. The van der Waals surface area contributed by atoms with Crippen LogP contribution in [0.25, 0.3) is 11.0 Å². The molecule has 23 heavy (non-hydrogen) atoms. The molecular weight excluding hydrogens is 286 g/mol. The Bertz CT molecular complexity index is 796. The number of hydrogen-bond donors (Lipinski definition) is 0. The molecule has 0 saturated carbocycles. The number of para-hydroxylation sites is 2. The van der Waals surface area contributed by atoms with Crippen molar-refractivity contribution in [2.24, 2.45) is 7.05 Å². The van der Waals surface area contributed by atoms with E-state index in [0.29, 0.717) is 5.92 Å². The van der Waals surface area contributed by atoms with Gasteiger partial charge in [-0.15, -0.1) is 0 Å². The molecule has 0 unspecified atom stereocenters. The maximum Gasteiger partial charge on any atom is 0.123 e. The van der Waals surface area contributed by atoms with Crippen molar-refractivity contribution < 1.29 is 0 Å². The van der Waals surface area contributed by atoms with E-state index in [1.54, 1.807) is 6.33 Å². The van der Waals surface area contributed by atoms with Crippen LogP contribution in [0, 0.1) is 0 Å². The number of nitrogens with zero attached hydrogens (tertiary/aromatic N) is 5. The summed E-state index contributed by atoms with van der Waals surface area (Å²) in [5.74, 6) is 1.64. The summed E-state index contributed by atoms with van der Waals surface area (Å²) in [5.41, 5.74) is 3.44. The molecule has 1 saturated heterocycles. The fourth-order valence-corrected chi connectivity index (χ4v) is 3.52. The summed E-state index contributed by atoms with van der Waals surface area (Å²) < 4.78 is 2.21. The Morgan fingerprint density at radius 3 is 2.96 bits per heavy atom. The van der Waals surface area contributed by atoms with Crippen molar-refractivity contribution in [3.05, 3.63) is 54.4 Å². The third-order valence-corrected chi connectivity index (χ3v) is 4.77. The summed E-state index contributed by atoms with van der Waals surface area (Å²) in [4.78, 5) is 15.8. The Hall–Kier alpha value is -2.27. The Balaban J connectivity index is 1.53. The number of aromatic nitrogens is 4. The van der Waals surface area contributed by atoms with Crippen molar-refractivity contribution >= 4 is 11.0 Å². The number of likely N-dealkylation sites (tertiary alicyclic amines) is 1. The summed E-state index contributed by atoms with van der Waals surface area (Å²) in [7, 11) is 2.11. The van der Waals surface area contributed by atoms with Gasteiger partial charge in [-0.3, -0.25) is 4.90 Å². The minimum atomic E-state index is 0.501. The molecule has 1 fully saturated rings. The maximum absolute atomic E-state index is 4.80. The van der Waals surface area contributed by atoms with Gasteiger partial charge in [0.25, 0.3) is 0 Å². The van der Waals surface area contributed by atoms with E-state index < -0.39 is 0 Å². The molecule has 0 aliphatic carbocycles. The molecule has 3 aromatic rings. The summed E-state index contributed by atoms with van der Waals surface area (Å²) >= 11 is 0. The largest absolute Gasteiger partial charge is 0.330 e. The Labute approximate surface area is 136 Å². The summed E-state index contributed by atoms with van der Waals surface area (Å²) in [6.45, 7) is 3.07. The Morgan fingerprint density at radius 1 is 1.22 bits per heavy atom. The Kier molecular flexibility index (Phi) is 3.79. The summed E-state index contributed by atoms with van der Waals surface area (Å²) in [6, 6.07) is 10.4. The lowest BCUT2D eigenvalue weighted by molar-refractivity contribution is 0.193. The van der Waals surface area contributed by atoms with Crippen LogP contribution in [-0.4, -0.2) is 37.5 Å². The zero-order chi connectivity index (χ0) is 15.6. The van der Waals surface area contributed by atoms with E-state index in [1.165, 1.54) is 18.4 Å². The number of benzene rings is 1. The third-order valence-electron chi connectivity index (χ3n) is 4.77. The highest BCUT2D eigenvalue weighted by molar-refractivity contribution is 5.75. The quantitative estimate of drug-likeness (QED) is 0.746. The average Bonchev–Trinajstić information content (AvgIpc) is 2.92. The van der Waals surface area contributed by atoms with Gasteiger partial charge in [0.2, 0.25) is 0 Å². The molecule has 0 amide bonds. The molecule has 0 N–H and O–H groups in total.